The third kappa shape index (κ3) is 3.54. The molecule has 8 heteroatoms. The monoisotopic (exact) mass is 312 g/mol. The third-order valence-electron chi connectivity index (χ3n) is 3.34. The fraction of sp³-hybridized carbons (Fsp3) is 0.200. The fourth-order valence-corrected chi connectivity index (χ4v) is 2.31. The van der Waals surface area contributed by atoms with Crippen molar-refractivity contribution in [3.05, 3.63) is 52.7 Å². The van der Waals surface area contributed by atoms with Gasteiger partial charge in [0.2, 0.25) is 5.91 Å². The topological polar surface area (TPSA) is 119 Å². The molecule has 3 aromatic rings. The number of hydrogen-bond donors (Lipinski definition) is 3. The van der Waals surface area contributed by atoms with Gasteiger partial charge in [-0.1, -0.05) is 18.2 Å². The zero-order valence-electron chi connectivity index (χ0n) is 12.3. The Morgan fingerprint density at radius 2 is 2.17 bits per heavy atom. The Morgan fingerprint density at radius 1 is 1.35 bits per heavy atom. The average Bonchev–Trinajstić information content (AvgIpc) is 2.90. The summed E-state index contributed by atoms with van der Waals surface area (Å²) >= 11 is 0. The highest BCUT2D eigenvalue weighted by Crippen LogP contribution is 2.12. The van der Waals surface area contributed by atoms with Gasteiger partial charge in [-0.25, -0.2) is 4.98 Å². The van der Waals surface area contributed by atoms with Crippen LogP contribution in [0.5, 0.6) is 0 Å². The summed E-state index contributed by atoms with van der Waals surface area (Å²) in [6, 6.07) is 8.90. The van der Waals surface area contributed by atoms with Crippen LogP contribution in [0.4, 0.5) is 5.82 Å². The van der Waals surface area contributed by atoms with E-state index in [2.05, 4.69) is 20.4 Å². The number of para-hydroxylation sites is 1. The smallest absolute Gasteiger partial charge is 0.252 e. The summed E-state index contributed by atoms with van der Waals surface area (Å²) in [6.07, 6.45) is 2.12. The number of aromatic amines is 1. The molecule has 3 rings (SSSR count). The third-order valence-corrected chi connectivity index (χ3v) is 3.34. The lowest BCUT2D eigenvalue weighted by atomic mass is 10.2. The molecule has 0 saturated heterocycles. The summed E-state index contributed by atoms with van der Waals surface area (Å²) in [5.41, 5.74) is 6.11. The first-order valence-corrected chi connectivity index (χ1v) is 7.15. The van der Waals surface area contributed by atoms with Crippen LogP contribution in [0, 0.1) is 0 Å². The summed E-state index contributed by atoms with van der Waals surface area (Å²) < 4.78 is 1.64. The largest absolute Gasteiger partial charge is 0.383 e. The average molecular weight is 312 g/mol. The van der Waals surface area contributed by atoms with Gasteiger partial charge in [-0.15, -0.1) is 0 Å². The minimum atomic E-state index is -0.304. The summed E-state index contributed by atoms with van der Waals surface area (Å²) in [4.78, 5) is 29.8. The molecule has 0 aliphatic rings. The van der Waals surface area contributed by atoms with Gasteiger partial charge in [0.25, 0.3) is 5.56 Å². The first-order chi connectivity index (χ1) is 11.1. The predicted molar refractivity (Wildman–Crippen MR) is 85.7 cm³/mol. The molecule has 4 N–H and O–H groups in total. The first kappa shape index (κ1) is 14.8. The van der Waals surface area contributed by atoms with E-state index in [0.717, 1.165) is 10.9 Å². The van der Waals surface area contributed by atoms with E-state index in [1.54, 1.807) is 10.9 Å². The van der Waals surface area contributed by atoms with Gasteiger partial charge in [-0.3, -0.25) is 14.3 Å². The van der Waals surface area contributed by atoms with E-state index in [1.807, 2.05) is 24.3 Å². The first-order valence-electron chi connectivity index (χ1n) is 7.15. The van der Waals surface area contributed by atoms with Crippen LogP contribution in [0.25, 0.3) is 10.9 Å². The Hall–Kier alpha value is -3.16. The maximum atomic E-state index is 12.0. The van der Waals surface area contributed by atoms with Crippen LogP contribution < -0.4 is 16.6 Å². The van der Waals surface area contributed by atoms with Gasteiger partial charge in [0.1, 0.15) is 18.2 Å². The highest BCUT2D eigenvalue weighted by Gasteiger charge is 2.07. The highest BCUT2D eigenvalue weighted by atomic mass is 16.2. The van der Waals surface area contributed by atoms with E-state index < -0.39 is 0 Å². The summed E-state index contributed by atoms with van der Waals surface area (Å²) in [5, 5.41) is 7.96. The molecule has 2 aromatic heterocycles. The Kier molecular flexibility index (Phi) is 4.05. The Balaban J connectivity index is 1.56. The van der Waals surface area contributed by atoms with Crippen molar-refractivity contribution in [2.24, 2.45) is 0 Å². The van der Waals surface area contributed by atoms with Gasteiger partial charge in [0.15, 0.2) is 0 Å². The number of hydrogen-bond acceptors (Lipinski definition) is 5. The number of anilines is 1. The van der Waals surface area contributed by atoms with Gasteiger partial charge >= 0.3 is 0 Å². The number of rotatable bonds is 5. The van der Waals surface area contributed by atoms with E-state index in [1.165, 1.54) is 6.07 Å². The lowest BCUT2D eigenvalue weighted by Crippen LogP contribution is -2.30. The van der Waals surface area contributed by atoms with Gasteiger partial charge in [-0.05, 0) is 6.07 Å². The highest BCUT2D eigenvalue weighted by molar-refractivity contribution is 5.81. The molecular weight excluding hydrogens is 296 g/mol. The van der Waals surface area contributed by atoms with Crippen molar-refractivity contribution in [1.82, 2.24) is 25.1 Å². The number of fused-ring (bicyclic) bond motifs is 1. The van der Waals surface area contributed by atoms with Crippen LogP contribution in [-0.2, 0) is 17.8 Å². The van der Waals surface area contributed by atoms with Crippen LogP contribution in [-0.4, -0.2) is 32.2 Å². The number of nitrogen functional groups attached to an aromatic ring is 1. The van der Waals surface area contributed by atoms with Gasteiger partial charge in [0, 0.05) is 24.4 Å². The molecule has 0 fully saturated rings. The van der Waals surface area contributed by atoms with Crippen LogP contribution in [0.1, 0.15) is 5.82 Å². The van der Waals surface area contributed by atoms with Crippen molar-refractivity contribution < 1.29 is 4.79 Å². The summed E-state index contributed by atoms with van der Waals surface area (Å²) in [6.45, 7) is 0.485. The number of nitrogens with two attached hydrogens (primary N) is 1. The van der Waals surface area contributed by atoms with Gasteiger partial charge in [0.05, 0.1) is 11.7 Å². The van der Waals surface area contributed by atoms with E-state index in [4.69, 9.17) is 5.73 Å². The predicted octanol–water partition coefficient (Wildman–Crippen LogP) is 0.0607. The van der Waals surface area contributed by atoms with Crippen LogP contribution >= 0.6 is 0 Å². The molecule has 0 unspecified atom stereocenters. The number of H-pyrrole nitrogens is 1. The second-order valence-electron chi connectivity index (χ2n) is 5.08. The zero-order chi connectivity index (χ0) is 16.2. The number of aromatic nitrogens is 4. The second-order valence-corrected chi connectivity index (χ2v) is 5.08. The number of carbonyl (C=O) groups is 1. The Morgan fingerprint density at radius 3 is 3.00 bits per heavy atom. The quantitative estimate of drug-likeness (QED) is 0.615. The molecule has 0 saturated carbocycles. The molecule has 1 aromatic carbocycles. The van der Waals surface area contributed by atoms with Crippen LogP contribution in [0.3, 0.4) is 0 Å². The molecule has 0 aliphatic heterocycles. The molecule has 0 bridgehead atoms. The molecule has 0 spiro atoms. The maximum Gasteiger partial charge on any atom is 0.252 e. The molecule has 2 heterocycles. The molecular formula is C15H16N6O2. The van der Waals surface area contributed by atoms with Crippen molar-refractivity contribution in [2.45, 2.75) is 13.0 Å². The summed E-state index contributed by atoms with van der Waals surface area (Å²) in [5.74, 6) is 0.447. The molecule has 118 valence electrons. The minimum absolute atomic E-state index is 0.133. The van der Waals surface area contributed by atoms with E-state index in [9.17, 15) is 9.59 Å². The number of amides is 1. The normalized spacial score (nSPS) is 10.8. The number of nitrogens with zero attached hydrogens (tertiary/aromatic N) is 3. The van der Waals surface area contributed by atoms with Crippen molar-refractivity contribution in [2.75, 3.05) is 12.3 Å². The van der Waals surface area contributed by atoms with E-state index in [-0.39, 0.29) is 23.8 Å². The second kappa shape index (κ2) is 6.30. The standard InChI is InChI=1S/C15H16N6O2/c16-12-7-14(22)20-13(19-12)5-6-17-15(23)9-21-11-4-2-1-3-10(11)8-18-21/h1-4,7-8H,5-6,9H2,(H,17,23)(H3,16,19,20,22). The van der Waals surface area contributed by atoms with Gasteiger partial charge in [-0.2, -0.15) is 5.10 Å². The maximum absolute atomic E-state index is 12.0. The lowest BCUT2D eigenvalue weighted by Gasteiger charge is -2.06. The number of nitrogens with one attached hydrogen (secondary N) is 2. The molecule has 0 aliphatic carbocycles. The number of carbonyl (C=O) groups excluding carboxylic acids is 1. The Bertz CT molecular complexity index is 898. The zero-order valence-corrected chi connectivity index (χ0v) is 12.3. The van der Waals surface area contributed by atoms with Gasteiger partial charge < -0.3 is 16.0 Å². The molecule has 0 atom stereocenters. The molecule has 1 amide bonds. The van der Waals surface area contributed by atoms with E-state index >= 15 is 0 Å². The van der Waals surface area contributed by atoms with E-state index in [0.29, 0.717) is 18.8 Å². The SMILES string of the molecule is Nc1cc(=O)[nH]c(CCNC(=O)Cn2ncc3ccccc32)n1. The van der Waals surface area contributed by atoms with Crippen molar-refractivity contribution in [3.8, 4) is 0 Å². The van der Waals surface area contributed by atoms with Crippen LogP contribution in [0.15, 0.2) is 41.3 Å². The summed E-state index contributed by atoms with van der Waals surface area (Å²) in [7, 11) is 0. The fourth-order valence-electron chi connectivity index (χ4n) is 2.31. The molecule has 8 nitrogen and oxygen atoms in total. The lowest BCUT2D eigenvalue weighted by molar-refractivity contribution is -0.121. The molecule has 0 radical (unpaired) electrons. The Labute approximate surface area is 131 Å². The molecule has 23 heavy (non-hydrogen) atoms. The van der Waals surface area contributed by atoms with Crippen molar-refractivity contribution in [1.29, 1.82) is 0 Å². The van der Waals surface area contributed by atoms with Crippen molar-refractivity contribution in [3.63, 3.8) is 0 Å². The number of benzene rings is 1. The van der Waals surface area contributed by atoms with Crippen LogP contribution in [0.2, 0.25) is 0 Å². The van der Waals surface area contributed by atoms with Crippen molar-refractivity contribution >= 4 is 22.6 Å². The minimum Gasteiger partial charge on any atom is -0.383 e.